The van der Waals surface area contributed by atoms with E-state index in [9.17, 15) is 4.79 Å². The van der Waals surface area contributed by atoms with Crippen LogP contribution < -0.4 is 16.0 Å². The molecule has 1 aliphatic carbocycles. The summed E-state index contributed by atoms with van der Waals surface area (Å²) in [7, 11) is 0. The zero-order valence-corrected chi connectivity index (χ0v) is 15.5. The van der Waals surface area contributed by atoms with Crippen LogP contribution in [0, 0.1) is 12.8 Å². The van der Waals surface area contributed by atoms with Gasteiger partial charge in [0.25, 0.3) is 0 Å². The molecule has 1 aliphatic rings. The Kier molecular flexibility index (Phi) is 8.01. The van der Waals surface area contributed by atoms with E-state index >= 15 is 0 Å². The first kappa shape index (κ1) is 18.7. The van der Waals surface area contributed by atoms with Crippen molar-refractivity contribution in [2.45, 2.75) is 46.0 Å². The van der Waals surface area contributed by atoms with Crippen molar-refractivity contribution in [3.8, 4) is 0 Å². The van der Waals surface area contributed by atoms with E-state index in [0.29, 0.717) is 13.1 Å². The summed E-state index contributed by atoms with van der Waals surface area (Å²) >= 11 is 1.74. The molecule has 0 bridgehead atoms. The molecule has 1 saturated carbocycles. The second-order valence-corrected chi connectivity index (χ2v) is 7.39. The Morgan fingerprint density at radius 1 is 1.33 bits per heavy atom. The monoisotopic (exact) mass is 351 g/mol. The SMILES string of the molecule is CCNC(=NCCCNC(=O)C1CCC1)NCCc1ncc(C)s1. The summed E-state index contributed by atoms with van der Waals surface area (Å²) in [6.07, 6.45) is 6.98. The maximum Gasteiger partial charge on any atom is 0.223 e. The second-order valence-electron chi connectivity index (χ2n) is 6.07. The zero-order valence-electron chi connectivity index (χ0n) is 14.7. The van der Waals surface area contributed by atoms with Crippen molar-refractivity contribution in [2.24, 2.45) is 10.9 Å². The van der Waals surface area contributed by atoms with Gasteiger partial charge in [-0.1, -0.05) is 6.42 Å². The molecule has 2 rings (SSSR count). The van der Waals surface area contributed by atoms with Gasteiger partial charge in [-0.3, -0.25) is 9.79 Å². The number of amides is 1. The fraction of sp³-hybridized carbons (Fsp3) is 0.706. The predicted molar refractivity (Wildman–Crippen MR) is 99.5 cm³/mol. The number of hydrogen-bond donors (Lipinski definition) is 3. The lowest BCUT2D eigenvalue weighted by atomic mass is 9.85. The Bertz CT molecular complexity index is 539. The van der Waals surface area contributed by atoms with Crippen LogP contribution in [0.2, 0.25) is 0 Å². The van der Waals surface area contributed by atoms with Crippen LogP contribution in [-0.4, -0.2) is 43.0 Å². The van der Waals surface area contributed by atoms with E-state index in [1.165, 1.54) is 11.3 Å². The lowest BCUT2D eigenvalue weighted by Gasteiger charge is -2.23. The topological polar surface area (TPSA) is 78.4 Å². The maximum atomic E-state index is 11.7. The van der Waals surface area contributed by atoms with Crippen molar-refractivity contribution in [1.29, 1.82) is 0 Å². The molecule has 1 amide bonds. The number of aryl methyl sites for hydroxylation is 1. The van der Waals surface area contributed by atoms with Crippen LogP contribution in [-0.2, 0) is 11.2 Å². The summed E-state index contributed by atoms with van der Waals surface area (Å²) in [5.74, 6) is 1.31. The third-order valence-electron chi connectivity index (χ3n) is 4.02. The molecule has 7 heteroatoms. The Balaban J connectivity index is 1.61. The molecule has 0 spiro atoms. The second kappa shape index (κ2) is 10.3. The molecule has 0 saturated heterocycles. The van der Waals surface area contributed by atoms with Gasteiger partial charge in [-0.2, -0.15) is 0 Å². The Morgan fingerprint density at radius 2 is 2.17 bits per heavy atom. The number of thiazole rings is 1. The van der Waals surface area contributed by atoms with Gasteiger partial charge in [0.05, 0.1) is 5.01 Å². The van der Waals surface area contributed by atoms with E-state index in [-0.39, 0.29) is 11.8 Å². The molecule has 134 valence electrons. The van der Waals surface area contributed by atoms with Crippen molar-refractivity contribution < 1.29 is 4.79 Å². The van der Waals surface area contributed by atoms with Crippen LogP contribution in [0.1, 0.15) is 42.5 Å². The summed E-state index contributed by atoms with van der Waals surface area (Å²) in [5, 5.41) is 10.7. The number of guanidine groups is 1. The lowest BCUT2D eigenvalue weighted by Crippen LogP contribution is -2.38. The standard InChI is InChI=1S/C17H29N5OS/c1-3-18-17(21-11-8-15-22-12-13(2)24-15)20-10-5-9-19-16(23)14-6-4-7-14/h12,14H,3-11H2,1-2H3,(H,19,23)(H2,18,20,21). The molecule has 1 aromatic rings. The van der Waals surface area contributed by atoms with Crippen LogP contribution in [0.3, 0.4) is 0 Å². The first-order chi connectivity index (χ1) is 11.7. The van der Waals surface area contributed by atoms with Crippen LogP contribution in [0.15, 0.2) is 11.2 Å². The van der Waals surface area contributed by atoms with Gasteiger partial charge in [0.2, 0.25) is 5.91 Å². The van der Waals surface area contributed by atoms with Crippen LogP contribution in [0.4, 0.5) is 0 Å². The molecule has 0 radical (unpaired) electrons. The number of nitrogens with one attached hydrogen (secondary N) is 3. The normalized spacial score (nSPS) is 15.0. The highest BCUT2D eigenvalue weighted by Crippen LogP contribution is 2.25. The van der Waals surface area contributed by atoms with E-state index in [1.54, 1.807) is 11.3 Å². The summed E-state index contributed by atoms with van der Waals surface area (Å²) < 4.78 is 0. The maximum absolute atomic E-state index is 11.7. The first-order valence-electron chi connectivity index (χ1n) is 8.90. The highest BCUT2D eigenvalue weighted by Gasteiger charge is 2.24. The first-order valence-corrected chi connectivity index (χ1v) is 9.72. The Hall–Kier alpha value is -1.63. The van der Waals surface area contributed by atoms with Crippen molar-refractivity contribution in [1.82, 2.24) is 20.9 Å². The Labute approximate surface area is 148 Å². The summed E-state index contributed by atoms with van der Waals surface area (Å²) in [6, 6.07) is 0. The van der Waals surface area contributed by atoms with Gasteiger partial charge in [0, 0.05) is 49.6 Å². The average Bonchev–Trinajstić information content (AvgIpc) is 2.90. The lowest BCUT2D eigenvalue weighted by molar-refractivity contribution is -0.127. The number of hydrogen-bond acceptors (Lipinski definition) is 4. The van der Waals surface area contributed by atoms with Crippen molar-refractivity contribution in [3.05, 3.63) is 16.1 Å². The molecule has 0 aliphatic heterocycles. The Morgan fingerprint density at radius 3 is 2.79 bits per heavy atom. The molecule has 1 aromatic heterocycles. The minimum atomic E-state index is 0.217. The van der Waals surface area contributed by atoms with Gasteiger partial charge in [-0.05, 0) is 33.1 Å². The number of aliphatic imine (C=N–C) groups is 1. The zero-order chi connectivity index (χ0) is 17.2. The van der Waals surface area contributed by atoms with Crippen LogP contribution in [0.25, 0.3) is 0 Å². The van der Waals surface area contributed by atoms with Gasteiger partial charge in [-0.25, -0.2) is 4.98 Å². The summed E-state index contributed by atoms with van der Waals surface area (Å²) in [4.78, 5) is 21.9. The number of carbonyl (C=O) groups is 1. The summed E-state index contributed by atoms with van der Waals surface area (Å²) in [5.41, 5.74) is 0. The van der Waals surface area contributed by atoms with Crippen molar-refractivity contribution in [3.63, 3.8) is 0 Å². The molecular weight excluding hydrogens is 322 g/mol. The van der Waals surface area contributed by atoms with E-state index in [2.05, 4.69) is 39.8 Å². The fourth-order valence-corrected chi connectivity index (χ4v) is 3.23. The minimum absolute atomic E-state index is 0.217. The molecule has 0 atom stereocenters. The molecule has 0 aromatic carbocycles. The largest absolute Gasteiger partial charge is 0.357 e. The van der Waals surface area contributed by atoms with Gasteiger partial charge in [-0.15, -0.1) is 11.3 Å². The highest BCUT2D eigenvalue weighted by molar-refractivity contribution is 7.11. The van der Waals surface area contributed by atoms with Gasteiger partial charge < -0.3 is 16.0 Å². The van der Waals surface area contributed by atoms with Gasteiger partial charge >= 0.3 is 0 Å². The molecule has 3 N–H and O–H groups in total. The predicted octanol–water partition coefficient (Wildman–Crippen LogP) is 1.86. The van der Waals surface area contributed by atoms with Gasteiger partial charge in [0.15, 0.2) is 5.96 Å². The molecule has 1 heterocycles. The third kappa shape index (κ3) is 6.47. The number of nitrogens with zero attached hydrogens (tertiary/aromatic N) is 2. The van der Waals surface area contributed by atoms with Crippen LogP contribution >= 0.6 is 11.3 Å². The minimum Gasteiger partial charge on any atom is -0.357 e. The molecule has 6 nitrogen and oxygen atoms in total. The summed E-state index contributed by atoms with van der Waals surface area (Å²) in [6.45, 7) is 7.19. The van der Waals surface area contributed by atoms with E-state index in [0.717, 1.165) is 49.7 Å². The molecule has 1 fully saturated rings. The van der Waals surface area contributed by atoms with E-state index < -0.39 is 0 Å². The van der Waals surface area contributed by atoms with Crippen LogP contribution in [0.5, 0.6) is 0 Å². The molecule has 0 unspecified atom stereocenters. The number of aromatic nitrogens is 1. The quantitative estimate of drug-likeness (QED) is 0.360. The molecular formula is C17H29N5OS. The third-order valence-corrected chi connectivity index (χ3v) is 5.00. The number of carbonyl (C=O) groups excluding carboxylic acids is 1. The van der Waals surface area contributed by atoms with Gasteiger partial charge in [0.1, 0.15) is 0 Å². The van der Waals surface area contributed by atoms with Crippen molar-refractivity contribution >= 4 is 23.2 Å². The molecule has 24 heavy (non-hydrogen) atoms. The van der Waals surface area contributed by atoms with E-state index in [4.69, 9.17) is 0 Å². The number of rotatable bonds is 9. The highest BCUT2D eigenvalue weighted by atomic mass is 32.1. The fourth-order valence-electron chi connectivity index (χ4n) is 2.44. The average molecular weight is 352 g/mol. The van der Waals surface area contributed by atoms with E-state index in [1.807, 2.05) is 6.20 Å². The van der Waals surface area contributed by atoms with Crippen molar-refractivity contribution in [2.75, 3.05) is 26.2 Å². The smallest absolute Gasteiger partial charge is 0.223 e.